The van der Waals surface area contributed by atoms with E-state index in [1.807, 2.05) is 79.7 Å². The van der Waals surface area contributed by atoms with Crippen molar-refractivity contribution in [3.8, 4) is 11.5 Å². The Morgan fingerprint density at radius 3 is 2.46 bits per heavy atom. The first-order chi connectivity index (χ1) is 13.7. The maximum atomic E-state index is 13.4. The number of nitrogens with one attached hydrogen (secondary N) is 1. The number of anilines is 2. The molecule has 142 valence electrons. The summed E-state index contributed by atoms with van der Waals surface area (Å²) in [5, 5.41) is 3.51. The van der Waals surface area contributed by atoms with E-state index in [1.54, 1.807) is 12.0 Å². The molecule has 1 N–H and O–H groups in total. The first-order valence-electron chi connectivity index (χ1n) is 9.28. The summed E-state index contributed by atoms with van der Waals surface area (Å²) in [5.74, 6) is 1.22. The van der Waals surface area contributed by atoms with Crippen LogP contribution in [0, 0.1) is 0 Å². The predicted molar refractivity (Wildman–Crippen MR) is 110 cm³/mol. The van der Waals surface area contributed by atoms with Crippen LogP contribution in [0.2, 0.25) is 0 Å². The number of nitrogens with zero attached hydrogens (tertiary/aromatic N) is 1. The first kappa shape index (κ1) is 17.9. The van der Waals surface area contributed by atoms with E-state index >= 15 is 0 Å². The van der Waals surface area contributed by atoms with Crippen molar-refractivity contribution in [1.29, 1.82) is 0 Å². The van der Waals surface area contributed by atoms with Gasteiger partial charge in [-0.05, 0) is 37.3 Å². The number of fused-ring (bicyclic) bond motifs is 1. The summed E-state index contributed by atoms with van der Waals surface area (Å²) in [6, 6.07) is 22.9. The topological polar surface area (TPSA) is 50.8 Å². The van der Waals surface area contributed by atoms with Gasteiger partial charge in [0.2, 0.25) is 0 Å². The minimum absolute atomic E-state index is 0.0607. The zero-order valence-electron chi connectivity index (χ0n) is 15.9. The molecular formula is C23H22N2O3. The number of benzene rings is 3. The summed E-state index contributed by atoms with van der Waals surface area (Å²) in [6.45, 7) is 2.46. The van der Waals surface area contributed by atoms with Crippen molar-refractivity contribution >= 4 is 17.3 Å². The van der Waals surface area contributed by atoms with Gasteiger partial charge in [-0.15, -0.1) is 0 Å². The zero-order chi connectivity index (χ0) is 19.5. The summed E-state index contributed by atoms with van der Waals surface area (Å²) in [7, 11) is 1.62. The lowest BCUT2D eigenvalue weighted by atomic mass is 10.0. The number of hydrogen-bond donors (Lipinski definition) is 1. The van der Waals surface area contributed by atoms with Gasteiger partial charge in [0.25, 0.3) is 5.91 Å². The van der Waals surface area contributed by atoms with Crippen molar-refractivity contribution < 1.29 is 14.3 Å². The van der Waals surface area contributed by atoms with Crippen molar-refractivity contribution in [3.05, 3.63) is 83.9 Å². The Hall–Kier alpha value is -3.47. The highest BCUT2D eigenvalue weighted by Crippen LogP contribution is 2.42. The van der Waals surface area contributed by atoms with Gasteiger partial charge in [-0.2, -0.15) is 0 Å². The summed E-state index contributed by atoms with van der Waals surface area (Å²) >= 11 is 0. The van der Waals surface area contributed by atoms with Crippen LogP contribution in [-0.4, -0.2) is 19.6 Å². The van der Waals surface area contributed by atoms with Crippen LogP contribution in [0.5, 0.6) is 11.5 Å². The fourth-order valence-electron chi connectivity index (χ4n) is 3.56. The summed E-state index contributed by atoms with van der Waals surface area (Å²) < 4.78 is 11.4. The second-order valence-corrected chi connectivity index (χ2v) is 6.41. The highest BCUT2D eigenvalue weighted by atomic mass is 16.5. The third-order valence-electron chi connectivity index (χ3n) is 4.77. The van der Waals surface area contributed by atoms with Gasteiger partial charge in [0.05, 0.1) is 19.3 Å². The molecule has 5 nitrogen and oxygen atoms in total. The third kappa shape index (κ3) is 3.05. The number of hydrogen-bond acceptors (Lipinski definition) is 4. The molecule has 0 aromatic heterocycles. The van der Waals surface area contributed by atoms with Gasteiger partial charge < -0.3 is 14.8 Å². The van der Waals surface area contributed by atoms with Gasteiger partial charge in [-0.1, -0.05) is 42.5 Å². The molecule has 0 saturated carbocycles. The molecular weight excluding hydrogens is 352 g/mol. The molecule has 3 aromatic rings. The molecule has 1 atom stereocenters. The molecule has 0 bridgehead atoms. The highest BCUT2D eigenvalue weighted by Gasteiger charge is 2.36. The van der Waals surface area contributed by atoms with Crippen LogP contribution < -0.4 is 19.7 Å². The lowest BCUT2D eigenvalue weighted by Gasteiger charge is -2.38. The normalized spacial score (nSPS) is 15.6. The molecule has 0 spiro atoms. The maximum Gasteiger partial charge on any atom is 0.262 e. The smallest absolute Gasteiger partial charge is 0.262 e. The lowest BCUT2D eigenvalue weighted by Crippen LogP contribution is -2.43. The Labute approximate surface area is 164 Å². The molecule has 1 aliphatic rings. The van der Waals surface area contributed by atoms with Crippen LogP contribution in [0.4, 0.5) is 11.4 Å². The van der Waals surface area contributed by atoms with Crippen LogP contribution >= 0.6 is 0 Å². The van der Waals surface area contributed by atoms with Gasteiger partial charge in [-0.25, -0.2) is 0 Å². The van der Waals surface area contributed by atoms with Gasteiger partial charge in [0.1, 0.15) is 6.17 Å². The van der Waals surface area contributed by atoms with Crippen LogP contribution in [0.3, 0.4) is 0 Å². The van der Waals surface area contributed by atoms with E-state index in [1.165, 1.54) is 0 Å². The van der Waals surface area contributed by atoms with E-state index in [-0.39, 0.29) is 5.91 Å². The Balaban J connectivity index is 1.89. The molecule has 0 aliphatic carbocycles. The van der Waals surface area contributed by atoms with Crippen molar-refractivity contribution in [3.63, 3.8) is 0 Å². The van der Waals surface area contributed by atoms with Crippen molar-refractivity contribution in [2.45, 2.75) is 13.1 Å². The minimum atomic E-state index is -0.430. The second kappa shape index (κ2) is 7.64. The number of carbonyl (C=O) groups is 1. The van der Waals surface area contributed by atoms with Crippen LogP contribution in [-0.2, 0) is 0 Å². The summed E-state index contributed by atoms with van der Waals surface area (Å²) in [4.78, 5) is 15.2. The zero-order valence-corrected chi connectivity index (χ0v) is 15.9. The molecule has 0 saturated heterocycles. The first-order valence-corrected chi connectivity index (χ1v) is 9.28. The Bertz CT molecular complexity index is 988. The molecule has 0 radical (unpaired) electrons. The monoisotopic (exact) mass is 374 g/mol. The number of ether oxygens (including phenoxy) is 2. The van der Waals surface area contributed by atoms with E-state index in [9.17, 15) is 4.79 Å². The van der Waals surface area contributed by atoms with Gasteiger partial charge in [0, 0.05) is 16.9 Å². The van der Waals surface area contributed by atoms with Crippen molar-refractivity contribution in [2.75, 3.05) is 23.9 Å². The number of rotatable bonds is 5. The Morgan fingerprint density at radius 1 is 0.964 bits per heavy atom. The lowest BCUT2D eigenvalue weighted by molar-refractivity contribution is 0.0974. The van der Waals surface area contributed by atoms with E-state index in [4.69, 9.17) is 9.47 Å². The molecule has 4 rings (SSSR count). The van der Waals surface area contributed by atoms with Crippen LogP contribution in [0.1, 0.15) is 29.0 Å². The average Bonchev–Trinajstić information content (AvgIpc) is 2.74. The van der Waals surface area contributed by atoms with E-state index in [2.05, 4.69) is 5.32 Å². The Morgan fingerprint density at radius 2 is 1.71 bits per heavy atom. The standard InChI is InChI=1S/C23H22N2O3/c1-3-28-20-15-9-13-18(21(20)27-2)22-24-19-14-8-7-12-17(19)23(26)25(22)16-10-5-4-6-11-16/h4-15,22,24H,3H2,1-2H3/t22-/m0/s1. The largest absolute Gasteiger partial charge is 0.492 e. The molecule has 3 aromatic carbocycles. The van der Waals surface area contributed by atoms with Gasteiger partial charge in [0.15, 0.2) is 11.5 Å². The molecule has 1 amide bonds. The predicted octanol–water partition coefficient (Wildman–Crippen LogP) is 4.87. The average molecular weight is 374 g/mol. The van der Waals surface area contributed by atoms with Gasteiger partial charge in [-0.3, -0.25) is 9.69 Å². The summed E-state index contributed by atoms with van der Waals surface area (Å²) in [6.07, 6.45) is -0.430. The minimum Gasteiger partial charge on any atom is -0.492 e. The van der Waals surface area contributed by atoms with E-state index < -0.39 is 6.17 Å². The molecule has 1 aliphatic heterocycles. The number of amides is 1. The van der Waals surface area contributed by atoms with Crippen molar-refractivity contribution in [1.82, 2.24) is 0 Å². The van der Waals surface area contributed by atoms with Gasteiger partial charge >= 0.3 is 0 Å². The van der Waals surface area contributed by atoms with E-state index in [0.29, 0.717) is 23.7 Å². The molecule has 0 fully saturated rings. The van der Waals surface area contributed by atoms with Crippen LogP contribution in [0.25, 0.3) is 0 Å². The molecule has 28 heavy (non-hydrogen) atoms. The highest BCUT2D eigenvalue weighted by molar-refractivity contribution is 6.12. The molecule has 0 unspecified atom stereocenters. The van der Waals surface area contributed by atoms with E-state index in [0.717, 1.165) is 16.9 Å². The number of carbonyl (C=O) groups excluding carboxylic acids is 1. The quantitative estimate of drug-likeness (QED) is 0.693. The van der Waals surface area contributed by atoms with Crippen molar-refractivity contribution in [2.24, 2.45) is 0 Å². The summed E-state index contributed by atoms with van der Waals surface area (Å²) in [5.41, 5.74) is 3.08. The number of para-hydroxylation sites is 3. The second-order valence-electron chi connectivity index (χ2n) is 6.41. The SMILES string of the molecule is CCOc1cccc([C@H]2Nc3ccccc3C(=O)N2c2ccccc2)c1OC. The maximum absolute atomic E-state index is 13.4. The number of methoxy groups -OCH3 is 1. The van der Waals surface area contributed by atoms with Crippen LogP contribution in [0.15, 0.2) is 72.8 Å². The third-order valence-corrected chi connectivity index (χ3v) is 4.77. The molecule has 5 heteroatoms. The molecule has 1 heterocycles. The fourth-order valence-corrected chi connectivity index (χ4v) is 3.56. The fraction of sp³-hybridized carbons (Fsp3) is 0.174. The Kier molecular flexibility index (Phi) is 4.89.